The zero-order valence-corrected chi connectivity index (χ0v) is 19.0. The van der Waals surface area contributed by atoms with Crippen LogP contribution in [0.2, 0.25) is 0 Å². The average molecular weight is 458 g/mol. The highest BCUT2D eigenvalue weighted by Gasteiger charge is 2.22. The fraction of sp³-hybridized carbons (Fsp3) is 0.154. The lowest BCUT2D eigenvalue weighted by atomic mass is 10.1. The number of hydrogen-bond acceptors (Lipinski definition) is 5. The van der Waals surface area contributed by atoms with Gasteiger partial charge in [-0.1, -0.05) is 24.3 Å². The van der Waals surface area contributed by atoms with Crippen molar-refractivity contribution in [3.8, 4) is 5.75 Å². The summed E-state index contributed by atoms with van der Waals surface area (Å²) in [4.78, 5) is 20.0. The molecule has 33 heavy (non-hydrogen) atoms. The minimum absolute atomic E-state index is 0.169. The third-order valence-corrected chi connectivity index (χ3v) is 6.68. The Morgan fingerprint density at radius 2 is 1.97 bits per heavy atom. The molecule has 1 aromatic heterocycles. The van der Waals surface area contributed by atoms with Gasteiger partial charge in [0.25, 0.3) is 5.91 Å². The van der Waals surface area contributed by atoms with Gasteiger partial charge in [-0.3, -0.25) is 9.78 Å². The number of carbonyl (C=O) groups is 1. The largest absolute Gasteiger partial charge is 0.612 e. The highest BCUT2D eigenvalue weighted by atomic mass is 32.2. The summed E-state index contributed by atoms with van der Waals surface area (Å²) in [6.07, 6.45) is 5.31. The van der Waals surface area contributed by atoms with E-state index in [1.807, 2.05) is 54.7 Å². The smallest absolute Gasteiger partial charge is 0.251 e. The molecule has 0 saturated carbocycles. The van der Waals surface area contributed by atoms with Gasteiger partial charge in [-0.15, -0.1) is 0 Å². The first-order valence-corrected chi connectivity index (χ1v) is 12.2. The Kier molecular flexibility index (Phi) is 5.90. The third kappa shape index (κ3) is 4.37. The van der Waals surface area contributed by atoms with Crippen molar-refractivity contribution in [1.29, 1.82) is 0 Å². The Bertz CT molecular complexity index is 1300. The predicted molar refractivity (Wildman–Crippen MR) is 131 cm³/mol. The second-order valence-electron chi connectivity index (χ2n) is 7.84. The van der Waals surface area contributed by atoms with Crippen molar-refractivity contribution in [2.75, 3.05) is 24.3 Å². The van der Waals surface area contributed by atoms with Crippen LogP contribution in [-0.2, 0) is 17.7 Å². The molecule has 1 amide bonds. The van der Waals surface area contributed by atoms with Crippen molar-refractivity contribution in [1.82, 2.24) is 10.3 Å². The SMILES string of the molecule is C[S+]([O-])c1ccc(CNC(=O)c2ccc3c(c2)OCCN3c2cccc3cnccc23)cc1. The standard InChI is InChI=1S/C26H23N3O3S/c1-33(31)21-8-5-18(6-9-21)16-28-26(30)19-7-10-24-25(15-19)32-14-13-29(24)23-4-2-3-20-17-27-12-11-22(20)23/h2-12,15,17H,13-14,16H2,1H3,(H,28,30). The van der Waals surface area contributed by atoms with E-state index in [9.17, 15) is 9.35 Å². The molecule has 166 valence electrons. The van der Waals surface area contributed by atoms with Crippen molar-refractivity contribution in [3.63, 3.8) is 0 Å². The van der Waals surface area contributed by atoms with Gasteiger partial charge in [-0.25, -0.2) is 0 Å². The number of rotatable bonds is 5. The van der Waals surface area contributed by atoms with E-state index in [1.165, 1.54) is 0 Å². The monoisotopic (exact) mass is 457 g/mol. The van der Waals surface area contributed by atoms with Crippen LogP contribution in [0.4, 0.5) is 11.4 Å². The summed E-state index contributed by atoms with van der Waals surface area (Å²) in [5, 5.41) is 5.15. The summed E-state index contributed by atoms with van der Waals surface area (Å²) in [6.45, 7) is 1.65. The molecule has 2 heterocycles. The lowest BCUT2D eigenvalue weighted by molar-refractivity contribution is 0.0950. The Balaban J connectivity index is 1.35. The molecule has 6 nitrogen and oxygen atoms in total. The normalized spacial score (nSPS) is 13.8. The van der Waals surface area contributed by atoms with E-state index in [0.29, 0.717) is 24.5 Å². The summed E-state index contributed by atoms with van der Waals surface area (Å²) < 4.78 is 17.4. The van der Waals surface area contributed by atoms with Gasteiger partial charge < -0.3 is 19.5 Å². The number of nitrogens with one attached hydrogen (secondary N) is 1. The second kappa shape index (κ2) is 9.13. The number of carbonyl (C=O) groups excluding carboxylic acids is 1. The van der Waals surface area contributed by atoms with Crippen LogP contribution in [0.5, 0.6) is 5.75 Å². The number of nitrogens with zero attached hydrogens (tertiary/aromatic N) is 2. The average Bonchev–Trinajstić information content (AvgIpc) is 2.86. The molecule has 0 saturated heterocycles. The molecule has 1 aliphatic heterocycles. The van der Waals surface area contributed by atoms with Crippen LogP contribution in [0.3, 0.4) is 0 Å². The molecule has 4 aromatic rings. The Morgan fingerprint density at radius 1 is 1.12 bits per heavy atom. The zero-order valence-electron chi connectivity index (χ0n) is 18.2. The van der Waals surface area contributed by atoms with E-state index in [2.05, 4.69) is 27.3 Å². The maximum atomic E-state index is 12.8. The van der Waals surface area contributed by atoms with E-state index in [-0.39, 0.29) is 5.91 Å². The number of benzene rings is 3. The highest BCUT2D eigenvalue weighted by molar-refractivity contribution is 7.90. The molecule has 1 aliphatic rings. The first kappa shape index (κ1) is 21.3. The van der Waals surface area contributed by atoms with Crippen molar-refractivity contribution >= 4 is 39.2 Å². The molecule has 1 N–H and O–H groups in total. The van der Waals surface area contributed by atoms with Crippen molar-refractivity contribution in [2.45, 2.75) is 11.4 Å². The highest BCUT2D eigenvalue weighted by Crippen LogP contribution is 2.39. The zero-order chi connectivity index (χ0) is 22.8. The van der Waals surface area contributed by atoms with Crippen molar-refractivity contribution in [2.24, 2.45) is 0 Å². The maximum Gasteiger partial charge on any atom is 0.251 e. The molecule has 0 aliphatic carbocycles. The van der Waals surface area contributed by atoms with Crippen LogP contribution in [0.1, 0.15) is 15.9 Å². The number of pyridine rings is 1. The number of fused-ring (bicyclic) bond motifs is 2. The van der Waals surface area contributed by atoms with Gasteiger partial charge >= 0.3 is 0 Å². The van der Waals surface area contributed by atoms with Crippen LogP contribution >= 0.6 is 0 Å². The number of anilines is 2. The first-order valence-electron chi connectivity index (χ1n) is 10.7. The van der Waals surface area contributed by atoms with Gasteiger partial charge in [-0.2, -0.15) is 0 Å². The quantitative estimate of drug-likeness (QED) is 0.449. The van der Waals surface area contributed by atoms with E-state index >= 15 is 0 Å². The maximum absolute atomic E-state index is 12.8. The minimum atomic E-state index is -1.01. The summed E-state index contributed by atoms with van der Waals surface area (Å²) in [6, 6.07) is 21.2. The summed E-state index contributed by atoms with van der Waals surface area (Å²) >= 11 is -1.01. The van der Waals surface area contributed by atoms with E-state index < -0.39 is 11.2 Å². The van der Waals surface area contributed by atoms with Crippen LogP contribution < -0.4 is 15.0 Å². The van der Waals surface area contributed by atoms with E-state index in [0.717, 1.165) is 39.2 Å². The lowest BCUT2D eigenvalue weighted by Gasteiger charge is -2.32. The van der Waals surface area contributed by atoms with Crippen LogP contribution in [-0.4, -0.2) is 34.9 Å². The van der Waals surface area contributed by atoms with Crippen LogP contribution in [0, 0.1) is 0 Å². The Labute approximate surface area is 195 Å². The Hall–Kier alpha value is -3.55. The second-order valence-corrected chi connectivity index (χ2v) is 9.22. The third-order valence-electron chi connectivity index (χ3n) is 5.74. The summed E-state index contributed by atoms with van der Waals surface area (Å²) in [5.74, 6) is 0.521. The lowest BCUT2D eigenvalue weighted by Crippen LogP contribution is -2.29. The number of aromatic nitrogens is 1. The molecular formula is C26H23N3O3S. The van der Waals surface area contributed by atoms with E-state index in [1.54, 1.807) is 18.5 Å². The molecule has 5 rings (SSSR count). The van der Waals surface area contributed by atoms with E-state index in [4.69, 9.17) is 4.74 Å². The topological polar surface area (TPSA) is 77.5 Å². The Morgan fingerprint density at radius 3 is 2.79 bits per heavy atom. The summed E-state index contributed by atoms with van der Waals surface area (Å²) in [7, 11) is 0. The van der Waals surface area contributed by atoms with Crippen LogP contribution in [0.25, 0.3) is 10.8 Å². The molecule has 0 spiro atoms. The van der Waals surface area contributed by atoms with Gasteiger partial charge in [0, 0.05) is 41.0 Å². The molecule has 7 heteroatoms. The number of amides is 1. The molecule has 0 bridgehead atoms. The van der Waals surface area contributed by atoms with Crippen molar-refractivity contribution < 1.29 is 14.1 Å². The van der Waals surface area contributed by atoms with Crippen LogP contribution in [0.15, 0.2) is 84.0 Å². The minimum Gasteiger partial charge on any atom is -0.612 e. The van der Waals surface area contributed by atoms with Gasteiger partial charge in [0.15, 0.2) is 4.90 Å². The number of ether oxygens (including phenoxy) is 1. The van der Waals surface area contributed by atoms with Gasteiger partial charge in [0.1, 0.15) is 18.6 Å². The molecule has 1 unspecified atom stereocenters. The molecule has 0 fully saturated rings. The van der Waals surface area contributed by atoms with Crippen molar-refractivity contribution in [3.05, 3.63) is 90.3 Å². The fourth-order valence-electron chi connectivity index (χ4n) is 4.04. The van der Waals surface area contributed by atoms with Gasteiger partial charge in [0.05, 0.1) is 12.2 Å². The molecule has 0 radical (unpaired) electrons. The summed E-state index contributed by atoms with van der Waals surface area (Å²) in [5.41, 5.74) is 3.52. The predicted octanol–water partition coefficient (Wildman–Crippen LogP) is 4.43. The molecule has 3 aromatic carbocycles. The van der Waals surface area contributed by atoms with Gasteiger partial charge in [-0.05, 0) is 59.2 Å². The molecule has 1 atom stereocenters. The molecular weight excluding hydrogens is 434 g/mol. The fourth-order valence-corrected chi connectivity index (χ4v) is 4.56. The number of hydrogen-bond donors (Lipinski definition) is 1. The first-order chi connectivity index (χ1) is 16.1. The van der Waals surface area contributed by atoms with Gasteiger partial charge in [0.2, 0.25) is 0 Å².